The number of aryl methyl sites for hydroxylation is 2. The molecule has 0 N–H and O–H groups in total. The molecule has 0 radical (unpaired) electrons. The normalized spacial score (nSPS) is 11.1. The maximum Gasteiger partial charge on any atom is 0.134 e. The van der Waals surface area contributed by atoms with E-state index in [0.29, 0.717) is 6.61 Å². The monoisotopic (exact) mass is 411 g/mol. The van der Waals surface area contributed by atoms with Crippen LogP contribution >= 0.6 is 15.9 Å². The lowest BCUT2D eigenvalue weighted by Gasteiger charge is -2.09. The fourth-order valence-electron chi connectivity index (χ4n) is 2.55. The zero-order valence-corrected chi connectivity index (χ0v) is 16.3. The van der Waals surface area contributed by atoms with E-state index in [2.05, 4.69) is 46.9 Å². The van der Waals surface area contributed by atoms with Crippen molar-refractivity contribution in [2.45, 2.75) is 20.5 Å². The second-order valence-corrected chi connectivity index (χ2v) is 7.01. The quantitative estimate of drug-likeness (QED) is 0.437. The van der Waals surface area contributed by atoms with Gasteiger partial charge in [0.25, 0.3) is 0 Å². The third-order valence-corrected chi connectivity index (χ3v) is 4.59. The van der Waals surface area contributed by atoms with E-state index in [1.807, 2.05) is 30.5 Å². The molecule has 0 amide bonds. The smallest absolute Gasteiger partial charge is 0.134 e. The van der Waals surface area contributed by atoms with E-state index in [1.54, 1.807) is 12.1 Å². The van der Waals surface area contributed by atoms with Crippen LogP contribution in [0.5, 0.6) is 5.75 Å². The number of hydrogen-bond donors (Lipinski definition) is 0. The lowest BCUT2D eigenvalue weighted by atomic mass is 10.1. The highest BCUT2D eigenvalue weighted by Crippen LogP contribution is 2.27. The van der Waals surface area contributed by atoms with Crippen LogP contribution in [0.4, 0.5) is 10.1 Å². The van der Waals surface area contributed by atoms with Crippen LogP contribution < -0.4 is 4.74 Å². The largest absolute Gasteiger partial charge is 0.488 e. The van der Waals surface area contributed by atoms with Gasteiger partial charge in [0.05, 0.1) is 10.2 Å². The highest BCUT2D eigenvalue weighted by Gasteiger charge is 2.03. The summed E-state index contributed by atoms with van der Waals surface area (Å²) in [5, 5.41) is 0. The molecule has 0 unspecified atom stereocenters. The van der Waals surface area contributed by atoms with Gasteiger partial charge in [-0.3, -0.25) is 4.99 Å². The molecule has 0 aliphatic heterocycles. The molecule has 0 atom stereocenters. The van der Waals surface area contributed by atoms with Crippen molar-refractivity contribution in [2.75, 3.05) is 0 Å². The number of nitrogens with zero attached hydrogens (tertiary/aromatic N) is 1. The van der Waals surface area contributed by atoms with E-state index < -0.39 is 0 Å². The van der Waals surface area contributed by atoms with Crippen LogP contribution in [-0.4, -0.2) is 6.21 Å². The molecule has 0 aliphatic rings. The maximum atomic E-state index is 12.9. The predicted octanol–water partition coefficient (Wildman–Crippen LogP) is 6.53. The van der Waals surface area contributed by atoms with Crippen LogP contribution in [-0.2, 0) is 6.61 Å². The van der Waals surface area contributed by atoms with Gasteiger partial charge in [-0.05, 0) is 82.9 Å². The van der Waals surface area contributed by atoms with Gasteiger partial charge in [-0.25, -0.2) is 4.39 Å². The zero-order chi connectivity index (χ0) is 18.5. The molecule has 0 spiro atoms. The topological polar surface area (TPSA) is 21.6 Å². The number of benzene rings is 3. The Morgan fingerprint density at radius 1 is 1.00 bits per heavy atom. The van der Waals surface area contributed by atoms with Gasteiger partial charge in [0.2, 0.25) is 0 Å². The van der Waals surface area contributed by atoms with Crippen LogP contribution in [0, 0.1) is 19.7 Å². The molecule has 0 fully saturated rings. The SMILES string of the molecule is Cc1ccc(N=Cc2ccc(OCc3ccc(F)cc3)c(Br)c2)c(C)c1. The van der Waals surface area contributed by atoms with Crippen molar-refractivity contribution < 1.29 is 9.13 Å². The molecule has 3 rings (SSSR count). The zero-order valence-electron chi connectivity index (χ0n) is 14.7. The molecule has 0 aromatic heterocycles. The number of halogens is 2. The third kappa shape index (κ3) is 4.79. The predicted molar refractivity (Wildman–Crippen MR) is 108 cm³/mol. The highest BCUT2D eigenvalue weighted by molar-refractivity contribution is 9.10. The fraction of sp³-hybridized carbons (Fsp3) is 0.136. The summed E-state index contributed by atoms with van der Waals surface area (Å²) in [7, 11) is 0. The van der Waals surface area contributed by atoms with E-state index in [0.717, 1.165) is 32.6 Å². The summed E-state index contributed by atoms with van der Waals surface area (Å²) in [5.41, 5.74) is 5.24. The number of aliphatic imine (C=N–C) groups is 1. The molecule has 0 saturated carbocycles. The number of ether oxygens (including phenoxy) is 1. The van der Waals surface area contributed by atoms with E-state index in [4.69, 9.17) is 4.74 Å². The average Bonchev–Trinajstić information content (AvgIpc) is 2.61. The second-order valence-electron chi connectivity index (χ2n) is 6.15. The standard InChI is InChI=1S/C22H19BrFNO/c1-15-3-9-21(16(2)11-15)25-13-18-6-10-22(20(23)12-18)26-14-17-4-7-19(24)8-5-17/h3-13H,14H2,1-2H3. The molecule has 0 bridgehead atoms. The summed E-state index contributed by atoms with van der Waals surface area (Å²) in [6.45, 7) is 4.51. The Morgan fingerprint density at radius 3 is 2.46 bits per heavy atom. The Bertz CT molecular complexity index is 935. The van der Waals surface area contributed by atoms with Crippen LogP contribution in [0.3, 0.4) is 0 Å². The van der Waals surface area contributed by atoms with Crippen molar-refractivity contribution in [1.82, 2.24) is 0 Å². The summed E-state index contributed by atoms with van der Waals surface area (Å²) in [6.07, 6.45) is 1.84. The van der Waals surface area contributed by atoms with Gasteiger partial charge in [0, 0.05) is 6.21 Å². The number of rotatable bonds is 5. The van der Waals surface area contributed by atoms with Gasteiger partial charge in [-0.15, -0.1) is 0 Å². The van der Waals surface area contributed by atoms with Crippen molar-refractivity contribution in [2.24, 2.45) is 4.99 Å². The van der Waals surface area contributed by atoms with Crippen molar-refractivity contribution in [3.63, 3.8) is 0 Å². The second kappa shape index (κ2) is 8.28. The van der Waals surface area contributed by atoms with Gasteiger partial charge in [-0.2, -0.15) is 0 Å². The molecule has 0 heterocycles. The number of hydrogen-bond acceptors (Lipinski definition) is 2. The van der Waals surface area contributed by atoms with E-state index in [9.17, 15) is 4.39 Å². The molecule has 0 saturated heterocycles. The minimum atomic E-state index is -0.248. The molecular formula is C22H19BrFNO. The van der Waals surface area contributed by atoms with Crippen molar-refractivity contribution >= 4 is 27.8 Å². The van der Waals surface area contributed by atoms with E-state index in [1.165, 1.54) is 17.7 Å². The maximum absolute atomic E-state index is 12.9. The summed E-state index contributed by atoms with van der Waals surface area (Å²) < 4.78 is 19.6. The molecule has 132 valence electrons. The summed E-state index contributed by atoms with van der Waals surface area (Å²) >= 11 is 3.54. The summed E-state index contributed by atoms with van der Waals surface area (Å²) in [5.74, 6) is 0.486. The third-order valence-electron chi connectivity index (χ3n) is 3.97. The Labute approximate surface area is 161 Å². The minimum absolute atomic E-state index is 0.248. The first-order chi connectivity index (χ1) is 12.5. The van der Waals surface area contributed by atoms with Crippen molar-refractivity contribution in [3.8, 4) is 5.75 Å². The van der Waals surface area contributed by atoms with E-state index >= 15 is 0 Å². The van der Waals surface area contributed by atoms with Gasteiger partial charge in [0.1, 0.15) is 18.2 Å². The van der Waals surface area contributed by atoms with Crippen LogP contribution in [0.25, 0.3) is 0 Å². The van der Waals surface area contributed by atoms with Gasteiger partial charge < -0.3 is 4.74 Å². The Kier molecular flexibility index (Phi) is 5.84. The van der Waals surface area contributed by atoms with Crippen LogP contribution in [0.15, 0.2) is 70.1 Å². The Balaban J connectivity index is 1.68. The first-order valence-corrected chi connectivity index (χ1v) is 9.09. The van der Waals surface area contributed by atoms with Crippen molar-refractivity contribution in [3.05, 3.63) is 93.2 Å². The fourth-order valence-corrected chi connectivity index (χ4v) is 3.06. The molecule has 3 aromatic carbocycles. The lowest BCUT2D eigenvalue weighted by molar-refractivity contribution is 0.304. The Morgan fingerprint density at radius 2 is 1.77 bits per heavy atom. The highest BCUT2D eigenvalue weighted by atomic mass is 79.9. The average molecular weight is 412 g/mol. The molecular weight excluding hydrogens is 393 g/mol. The minimum Gasteiger partial charge on any atom is -0.488 e. The molecule has 3 aromatic rings. The van der Waals surface area contributed by atoms with Gasteiger partial charge >= 0.3 is 0 Å². The summed E-state index contributed by atoms with van der Waals surface area (Å²) in [6, 6.07) is 18.3. The Hall–Kier alpha value is -2.46. The molecule has 4 heteroatoms. The van der Waals surface area contributed by atoms with Crippen LogP contribution in [0.2, 0.25) is 0 Å². The first kappa shape index (κ1) is 18.3. The lowest BCUT2D eigenvalue weighted by Crippen LogP contribution is -1.96. The van der Waals surface area contributed by atoms with E-state index in [-0.39, 0.29) is 5.82 Å². The first-order valence-electron chi connectivity index (χ1n) is 8.29. The van der Waals surface area contributed by atoms with Crippen LogP contribution in [0.1, 0.15) is 22.3 Å². The molecule has 0 aliphatic carbocycles. The molecule has 26 heavy (non-hydrogen) atoms. The molecule has 2 nitrogen and oxygen atoms in total. The van der Waals surface area contributed by atoms with Crippen molar-refractivity contribution in [1.29, 1.82) is 0 Å². The summed E-state index contributed by atoms with van der Waals surface area (Å²) in [4.78, 5) is 4.57. The van der Waals surface area contributed by atoms with Gasteiger partial charge in [-0.1, -0.05) is 29.8 Å². The van der Waals surface area contributed by atoms with Gasteiger partial charge in [0.15, 0.2) is 0 Å².